The van der Waals surface area contributed by atoms with Crippen LogP contribution in [0, 0.1) is 6.92 Å². The molecule has 4 rings (SSSR count). The van der Waals surface area contributed by atoms with Crippen LogP contribution in [-0.2, 0) is 13.0 Å². The van der Waals surface area contributed by atoms with E-state index in [0.29, 0.717) is 18.8 Å². The smallest absolute Gasteiger partial charge is 0.274 e. The third-order valence-corrected chi connectivity index (χ3v) is 5.23. The molecular formula is C14H20ClN7OS. The number of hydrogen-bond donors (Lipinski definition) is 2. The predicted molar refractivity (Wildman–Crippen MR) is 94.0 cm³/mol. The van der Waals surface area contributed by atoms with Gasteiger partial charge in [0.1, 0.15) is 5.82 Å². The standard InChI is InChI=1S/C14H19N7OS.ClH/c1-9-16-14(23-19-9)21-6-4-20(5-7-21)13(22)12-10-8-15-3-2-11(10)17-18-12;/h15H,2-8H2,1H3,(H,17,18);1H. The summed E-state index contributed by atoms with van der Waals surface area (Å²) in [6.07, 6.45) is 0.903. The molecule has 0 spiro atoms. The van der Waals surface area contributed by atoms with Crippen LogP contribution >= 0.6 is 23.9 Å². The third kappa shape index (κ3) is 3.11. The fourth-order valence-corrected chi connectivity index (χ4v) is 3.79. The largest absolute Gasteiger partial charge is 0.343 e. The second-order valence-corrected chi connectivity index (χ2v) is 6.59. The van der Waals surface area contributed by atoms with Gasteiger partial charge in [0.05, 0.1) is 0 Å². The van der Waals surface area contributed by atoms with Crippen molar-refractivity contribution in [2.45, 2.75) is 19.9 Å². The minimum Gasteiger partial charge on any atom is -0.343 e. The van der Waals surface area contributed by atoms with Crippen LogP contribution in [0.3, 0.4) is 0 Å². The van der Waals surface area contributed by atoms with Crippen LogP contribution in [0.15, 0.2) is 0 Å². The highest BCUT2D eigenvalue weighted by Gasteiger charge is 2.28. The summed E-state index contributed by atoms with van der Waals surface area (Å²) in [7, 11) is 0. The van der Waals surface area contributed by atoms with Gasteiger partial charge in [-0.3, -0.25) is 9.89 Å². The summed E-state index contributed by atoms with van der Waals surface area (Å²) < 4.78 is 4.22. The van der Waals surface area contributed by atoms with Crippen LogP contribution < -0.4 is 10.2 Å². The van der Waals surface area contributed by atoms with E-state index in [0.717, 1.165) is 54.8 Å². The number of H-pyrrole nitrogens is 1. The maximum absolute atomic E-state index is 12.8. The zero-order valence-corrected chi connectivity index (χ0v) is 15.0. The molecule has 0 saturated carbocycles. The minimum absolute atomic E-state index is 0. The molecule has 2 aliphatic heterocycles. The normalized spacial score (nSPS) is 17.4. The number of carbonyl (C=O) groups is 1. The van der Waals surface area contributed by atoms with Gasteiger partial charge in [-0.2, -0.15) is 9.47 Å². The highest BCUT2D eigenvalue weighted by Crippen LogP contribution is 2.21. The lowest BCUT2D eigenvalue weighted by molar-refractivity contribution is 0.0739. The van der Waals surface area contributed by atoms with E-state index in [1.807, 2.05) is 11.8 Å². The molecule has 1 saturated heterocycles. The molecule has 0 aliphatic carbocycles. The number of hydrogen-bond acceptors (Lipinski definition) is 7. The number of fused-ring (bicyclic) bond motifs is 1. The van der Waals surface area contributed by atoms with E-state index in [4.69, 9.17) is 0 Å². The first-order valence-electron chi connectivity index (χ1n) is 7.84. The van der Waals surface area contributed by atoms with Crippen molar-refractivity contribution >= 4 is 35.0 Å². The highest BCUT2D eigenvalue weighted by molar-refractivity contribution is 7.09. The maximum atomic E-state index is 12.8. The molecule has 0 unspecified atom stereocenters. The molecule has 1 amide bonds. The van der Waals surface area contributed by atoms with Crippen molar-refractivity contribution in [1.82, 2.24) is 29.8 Å². The Morgan fingerprint density at radius 3 is 2.75 bits per heavy atom. The van der Waals surface area contributed by atoms with Crippen LogP contribution in [-0.4, -0.2) is 63.1 Å². The molecule has 4 heterocycles. The van der Waals surface area contributed by atoms with Crippen molar-refractivity contribution in [1.29, 1.82) is 0 Å². The summed E-state index contributed by atoms with van der Waals surface area (Å²) in [6, 6.07) is 0. The SMILES string of the molecule is Cc1nsc(N2CCN(C(=O)c3n[nH]c4c3CNCC4)CC2)n1.Cl. The lowest BCUT2D eigenvalue weighted by Crippen LogP contribution is -2.49. The zero-order chi connectivity index (χ0) is 15.8. The van der Waals surface area contributed by atoms with Crippen molar-refractivity contribution in [2.24, 2.45) is 0 Å². The van der Waals surface area contributed by atoms with Crippen molar-refractivity contribution in [2.75, 3.05) is 37.6 Å². The molecule has 2 N–H and O–H groups in total. The Morgan fingerprint density at radius 1 is 1.25 bits per heavy atom. The van der Waals surface area contributed by atoms with E-state index in [-0.39, 0.29) is 18.3 Å². The molecule has 24 heavy (non-hydrogen) atoms. The van der Waals surface area contributed by atoms with Gasteiger partial charge in [0, 0.05) is 68.5 Å². The van der Waals surface area contributed by atoms with Gasteiger partial charge in [0.25, 0.3) is 5.91 Å². The first-order chi connectivity index (χ1) is 11.2. The quantitative estimate of drug-likeness (QED) is 0.805. The Bertz CT molecular complexity index is 723. The van der Waals surface area contributed by atoms with E-state index in [1.54, 1.807) is 0 Å². The van der Waals surface area contributed by atoms with E-state index in [2.05, 4.69) is 29.8 Å². The van der Waals surface area contributed by atoms with Gasteiger partial charge in [-0.05, 0) is 6.92 Å². The minimum atomic E-state index is 0. The van der Waals surface area contributed by atoms with Crippen molar-refractivity contribution < 1.29 is 4.79 Å². The Labute approximate surface area is 150 Å². The Balaban J connectivity index is 0.00000169. The number of anilines is 1. The second kappa shape index (κ2) is 7.04. The van der Waals surface area contributed by atoms with Crippen LogP contribution in [0.1, 0.15) is 27.6 Å². The van der Waals surface area contributed by atoms with Crippen molar-refractivity contribution in [3.63, 3.8) is 0 Å². The molecule has 2 aliphatic rings. The van der Waals surface area contributed by atoms with Crippen LogP contribution in [0.4, 0.5) is 5.13 Å². The van der Waals surface area contributed by atoms with Crippen LogP contribution in [0.5, 0.6) is 0 Å². The summed E-state index contributed by atoms with van der Waals surface area (Å²) in [5.74, 6) is 0.832. The van der Waals surface area contributed by atoms with E-state index in [1.165, 1.54) is 11.5 Å². The van der Waals surface area contributed by atoms with Crippen LogP contribution in [0.2, 0.25) is 0 Å². The lowest BCUT2D eigenvalue weighted by Gasteiger charge is -2.34. The molecule has 1 fully saturated rings. The number of aromatic amines is 1. The monoisotopic (exact) mass is 369 g/mol. The van der Waals surface area contributed by atoms with Gasteiger partial charge >= 0.3 is 0 Å². The molecule has 0 aromatic carbocycles. The number of aryl methyl sites for hydroxylation is 1. The van der Waals surface area contributed by atoms with Gasteiger partial charge in [-0.1, -0.05) is 0 Å². The Morgan fingerprint density at radius 2 is 2.04 bits per heavy atom. The Kier molecular flexibility index (Phi) is 5.02. The van der Waals surface area contributed by atoms with Crippen LogP contribution in [0.25, 0.3) is 0 Å². The molecule has 0 radical (unpaired) electrons. The molecule has 130 valence electrons. The summed E-state index contributed by atoms with van der Waals surface area (Å²) in [4.78, 5) is 21.2. The summed E-state index contributed by atoms with van der Waals surface area (Å²) in [6.45, 7) is 6.49. The number of aromatic nitrogens is 4. The second-order valence-electron chi connectivity index (χ2n) is 5.86. The van der Waals surface area contributed by atoms with Crippen molar-refractivity contribution in [3.05, 3.63) is 22.8 Å². The van der Waals surface area contributed by atoms with E-state index in [9.17, 15) is 4.79 Å². The average Bonchev–Trinajstić information content (AvgIpc) is 3.21. The summed E-state index contributed by atoms with van der Waals surface area (Å²) >= 11 is 1.42. The number of nitrogens with zero attached hydrogens (tertiary/aromatic N) is 5. The lowest BCUT2D eigenvalue weighted by atomic mass is 10.1. The average molecular weight is 370 g/mol. The van der Waals surface area contributed by atoms with Gasteiger partial charge in [-0.15, -0.1) is 12.4 Å². The molecule has 0 atom stereocenters. The number of halogens is 1. The predicted octanol–water partition coefficient (Wildman–Crippen LogP) is 0.600. The molecule has 2 aromatic heterocycles. The number of carbonyl (C=O) groups excluding carboxylic acids is 1. The third-order valence-electron chi connectivity index (χ3n) is 4.36. The highest BCUT2D eigenvalue weighted by atomic mass is 35.5. The molecule has 0 bridgehead atoms. The number of piperazine rings is 1. The zero-order valence-electron chi connectivity index (χ0n) is 13.4. The first-order valence-corrected chi connectivity index (χ1v) is 8.61. The number of rotatable bonds is 2. The number of nitrogens with one attached hydrogen (secondary N) is 2. The van der Waals surface area contributed by atoms with Crippen molar-refractivity contribution in [3.8, 4) is 0 Å². The van der Waals surface area contributed by atoms with Gasteiger partial charge in [0.2, 0.25) is 5.13 Å². The van der Waals surface area contributed by atoms with Gasteiger partial charge in [0.15, 0.2) is 5.69 Å². The van der Waals surface area contributed by atoms with E-state index < -0.39 is 0 Å². The molecule has 2 aromatic rings. The molecular weight excluding hydrogens is 350 g/mol. The Hall–Kier alpha value is -1.71. The van der Waals surface area contributed by atoms with E-state index >= 15 is 0 Å². The topological polar surface area (TPSA) is 90.0 Å². The fourth-order valence-electron chi connectivity index (χ4n) is 3.07. The summed E-state index contributed by atoms with van der Waals surface area (Å²) in [5.41, 5.74) is 2.70. The summed E-state index contributed by atoms with van der Waals surface area (Å²) in [5, 5.41) is 11.5. The number of amides is 1. The van der Waals surface area contributed by atoms with Gasteiger partial charge < -0.3 is 15.1 Å². The molecule has 10 heteroatoms. The maximum Gasteiger partial charge on any atom is 0.274 e. The molecule has 8 nitrogen and oxygen atoms in total. The van der Waals surface area contributed by atoms with Gasteiger partial charge in [-0.25, -0.2) is 4.98 Å². The first kappa shape index (κ1) is 17.1. The fraction of sp³-hybridized carbons (Fsp3) is 0.571.